The molecule has 0 aliphatic carbocycles. The molecule has 1 aliphatic heterocycles. The topological polar surface area (TPSA) is 80.5 Å². The van der Waals surface area contributed by atoms with Gasteiger partial charge in [0, 0.05) is 13.1 Å². The maximum Gasteiger partial charge on any atom is 0.256 e. The van der Waals surface area contributed by atoms with Crippen molar-refractivity contribution in [2.45, 2.75) is 24.7 Å². The van der Waals surface area contributed by atoms with Gasteiger partial charge in [-0.15, -0.1) is 0 Å². The minimum atomic E-state index is -4.03. The Hall–Kier alpha value is -2.32. The van der Waals surface area contributed by atoms with Crippen LogP contribution in [0.15, 0.2) is 41.3 Å². The average molecular weight is 394 g/mol. The van der Waals surface area contributed by atoms with E-state index in [4.69, 9.17) is 5.14 Å². The van der Waals surface area contributed by atoms with Crippen molar-refractivity contribution in [1.29, 1.82) is 0 Å². The molecule has 1 heterocycles. The lowest BCUT2D eigenvalue weighted by atomic mass is 9.98. The Kier molecular flexibility index (Phi) is 5.30. The number of primary sulfonamides is 1. The van der Waals surface area contributed by atoms with Gasteiger partial charge in [-0.2, -0.15) is 0 Å². The Morgan fingerprint density at radius 3 is 2.59 bits per heavy atom. The zero-order chi connectivity index (χ0) is 19.8. The van der Waals surface area contributed by atoms with E-state index in [1.807, 2.05) is 6.07 Å². The van der Waals surface area contributed by atoms with Gasteiger partial charge < -0.3 is 4.90 Å². The summed E-state index contributed by atoms with van der Waals surface area (Å²) in [7, 11) is -4.03. The van der Waals surface area contributed by atoms with Crippen LogP contribution in [0.1, 0.15) is 27.9 Å². The van der Waals surface area contributed by atoms with Crippen LogP contribution >= 0.6 is 0 Å². The van der Waals surface area contributed by atoms with E-state index in [-0.39, 0.29) is 22.2 Å². The number of amides is 1. The van der Waals surface area contributed by atoms with Crippen LogP contribution in [0.2, 0.25) is 0 Å². The first-order valence-electron chi connectivity index (χ1n) is 8.52. The van der Waals surface area contributed by atoms with E-state index in [0.29, 0.717) is 31.5 Å². The van der Waals surface area contributed by atoms with Gasteiger partial charge >= 0.3 is 0 Å². The summed E-state index contributed by atoms with van der Waals surface area (Å²) in [5.41, 5.74) is 1.11. The molecule has 1 unspecified atom stereocenters. The molecule has 3 rings (SSSR count). The zero-order valence-electron chi connectivity index (χ0n) is 14.8. The summed E-state index contributed by atoms with van der Waals surface area (Å²) in [5, 5.41) is 5.05. The van der Waals surface area contributed by atoms with Crippen LogP contribution in [0.4, 0.5) is 8.78 Å². The highest BCUT2D eigenvalue weighted by atomic mass is 32.2. The molecule has 2 aromatic carbocycles. The largest absolute Gasteiger partial charge is 0.338 e. The van der Waals surface area contributed by atoms with Gasteiger partial charge in [0.2, 0.25) is 10.0 Å². The van der Waals surface area contributed by atoms with E-state index in [1.165, 1.54) is 11.0 Å². The number of hydrogen-bond donors (Lipinski definition) is 1. The van der Waals surface area contributed by atoms with Crippen LogP contribution in [0.3, 0.4) is 0 Å². The van der Waals surface area contributed by atoms with Crippen LogP contribution in [-0.2, 0) is 16.4 Å². The SMILES string of the molecule is Cc1ccc(CC2CCN(C(=O)c3cc(S(N)(=O)=O)ccc3F)C2)cc1F. The molecule has 1 amide bonds. The molecule has 1 atom stereocenters. The Morgan fingerprint density at radius 2 is 1.93 bits per heavy atom. The monoisotopic (exact) mass is 394 g/mol. The third kappa shape index (κ3) is 4.33. The van der Waals surface area contributed by atoms with Crippen molar-refractivity contribution in [3.05, 3.63) is 64.7 Å². The van der Waals surface area contributed by atoms with Gasteiger partial charge in [-0.05, 0) is 61.1 Å². The van der Waals surface area contributed by atoms with E-state index in [9.17, 15) is 22.0 Å². The van der Waals surface area contributed by atoms with Gasteiger partial charge in [0.25, 0.3) is 5.91 Å². The van der Waals surface area contributed by atoms with Crippen LogP contribution in [-0.4, -0.2) is 32.3 Å². The fourth-order valence-corrected chi connectivity index (χ4v) is 3.84. The summed E-state index contributed by atoms with van der Waals surface area (Å²) >= 11 is 0. The van der Waals surface area contributed by atoms with E-state index in [0.717, 1.165) is 23.8 Å². The molecule has 0 aromatic heterocycles. The molecule has 1 aliphatic rings. The summed E-state index contributed by atoms with van der Waals surface area (Å²) in [4.78, 5) is 13.8. The lowest BCUT2D eigenvalue weighted by Crippen LogP contribution is -2.30. The number of rotatable bonds is 4. The van der Waals surface area contributed by atoms with Crippen molar-refractivity contribution in [1.82, 2.24) is 4.90 Å². The Labute approximate surface area is 156 Å². The number of nitrogens with zero attached hydrogens (tertiary/aromatic N) is 1. The first kappa shape index (κ1) is 19.4. The predicted molar refractivity (Wildman–Crippen MR) is 96.6 cm³/mol. The second-order valence-electron chi connectivity index (χ2n) is 6.88. The molecular formula is C19H20F2N2O3S. The van der Waals surface area contributed by atoms with Crippen LogP contribution < -0.4 is 5.14 Å². The maximum absolute atomic E-state index is 14.1. The molecule has 0 spiro atoms. The van der Waals surface area contributed by atoms with Gasteiger partial charge in [0.1, 0.15) is 11.6 Å². The third-order valence-electron chi connectivity index (χ3n) is 4.83. The van der Waals surface area contributed by atoms with Crippen molar-refractivity contribution >= 4 is 15.9 Å². The number of carbonyl (C=O) groups is 1. The van der Waals surface area contributed by atoms with E-state index < -0.39 is 21.7 Å². The number of hydrogen-bond acceptors (Lipinski definition) is 3. The zero-order valence-corrected chi connectivity index (χ0v) is 15.6. The summed E-state index contributed by atoms with van der Waals surface area (Å²) in [6.07, 6.45) is 1.32. The molecule has 0 saturated carbocycles. The number of carbonyl (C=O) groups excluding carboxylic acids is 1. The molecule has 8 heteroatoms. The smallest absolute Gasteiger partial charge is 0.256 e. The van der Waals surface area contributed by atoms with Crippen molar-refractivity contribution in [3.63, 3.8) is 0 Å². The molecule has 2 aromatic rings. The first-order chi connectivity index (χ1) is 12.6. The van der Waals surface area contributed by atoms with Crippen LogP contribution in [0.25, 0.3) is 0 Å². The van der Waals surface area contributed by atoms with Crippen LogP contribution in [0.5, 0.6) is 0 Å². The Morgan fingerprint density at radius 1 is 1.19 bits per heavy atom. The Bertz CT molecular complexity index is 992. The standard InChI is InChI=1S/C19H20F2N2O3S/c1-12-2-3-13(9-18(12)21)8-14-6-7-23(11-14)19(24)16-10-15(27(22,25)26)4-5-17(16)20/h2-5,9-10,14H,6-8,11H2,1H3,(H2,22,25,26). The molecule has 1 fully saturated rings. The summed E-state index contributed by atoms with van der Waals surface area (Å²) < 4.78 is 50.6. The normalized spacial score (nSPS) is 17.3. The van der Waals surface area contributed by atoms with E-state index >= 15 is 0 Å². The van der Waals surface area contributed by atoms with Crippen LogP contribution in [0, 0.1) is 24.5 Å². The summed E-state index contributed by atoms with van der Waals surface area (Å²) in [5.74, 6) is -1.51. The highest BCUT2D eigenvalue weighted by Crippen LogP contribution is 2.25. The summed E-state index contributed by atoms with van der Waals surface area (Å²) in [6, 6.07) is 8.00. The average Bonchev–Trinajstić information content (AvgIpc) is 3.05. The van der Waals surface area contributed by atoms with Gasteiger partial charge in [0.15, 0.2) is 0 Å². The van der Waals surface area contributed by atoms with Crippen molar-refractivity contribution in [2.24, 2.45) is 11.1 Å². The molecule has 0 bridgehead atoms. The predicted octanol–water partition coefficient (Wildman–Crippen LogP) is 2.63. The second kappa shape index (κ2) is 7.36. The minimum Gasteiger partial charge on any atom is -0.338 e. The number of nitrogens with two attached hydrogens (primary N) is 1. The molecule has 0 radical (unpaired) electrons. The number of halogens is 2. The first-order valence-corrected chi connectivity index (χ1v) is 10.1. The fourth-order valence-electron chi connectivity index (χ4n) is 3.30. The lowest BCUT2D eigenvalue weighted by molar-refractivity contribution is 0.0782. The summed E-state index contributed by atoms with van der Waals surface area (Å²) in [6.45, 7) is 2.52. The van der Waals surface area contributed by atoms with E-state index in [1.54, 1.807) is 13.0 Å². The number of likely N-dealkylation sites (tertiary alicyclic amines) is 1. The van der Waals surface area contributed by atoms with E-state index in [2.05, 4.69) is 0 Å². The fraction of sp³-hybridized carbons (Fsp3) is 0.316. The quantitative estimate of drug-likeness (QED) is 0.866. The number of sulfonamides is 1. The van der Waals surface area contributed by atoms with Crippen molar-refractivity contribution in [2.75, 3.05) is 13.1 Å². The minimum absolute atomic E-state index is 0.126. The van der Waals surface area contributed by atoms with Gasteiger partial charge in [-0.1, -0.05) is 12.1 Å². The third-order valence-corrected chi connectivity index (χ3v) is 5.74. The van der Waals surface area contributed by atoms with Gasteiger partial charge in [-0.3, -0.25) is 4.79 Å². The molecular weight excluding hydrogens is 374 g/mol. The Balaban J connectivity index is 1.73. The molecule has 2 N–H and O–H groups in total. The van der Waals surface area contributed by atoms with Crippen molar-refractivity contribution < 1.29 is 22.0 Å². The molecule has 144 valence electrons. The number of benzene rings is 2. The highest BCUT2D eigenvalue weighted by molar-refractivity contribution is 7.89. The second-order valence-corrected chi connectivity index (χ2v) is 8.44. The lowest BCUT2D eigenvalue weighted by Gasteiger charge is -2.17. The molecule has 1 saturated heterocycles. The van der Waals surface area contributed by atoms with Gasteiger partial charge in [-0.25, -0.2) is 22.3 Å². The van der Waals surface area contributed by atoms with Gasteiger partial charge in [0.05, 0.1) is 10.5 Å². The molecule has 5 nitrogen and oxygen atoms in total. The maximum atomic E-state index is 14.1. The molecule has 27 heavy (non-hydrogen) atoms. The van der Waals surface area contributed by atoms with Crippen molar-refractivity contribution in [3.8, 4) is 0 Å². The highest BCUT2D eigenvalue weighted by Gasteiger charge is 2.29. The number of aryl methyl sites for hydroxylation is 1.